The van der Waals surface area contributed by atoms with Gasteiger partial charge in [0.2, 0.25) is 0 Å². The van der Waals surface area contributed by atoms with Crippen molar-refractivity contribution in [3.63, 3.8) is 0 Å². The maximum Gasteiger partial charge on any atom is 0.124 e. The van der Waals surface area contributed by atoms with Gasteiger partial charge < -0.3 is 20.7 Å². The van der Waals surface area contributed by atoms with Gasteiger partial charge in [-0.1, -0.05) is 50.1 Å². The van der Waals surface area contributed by atoms with Crippen molar-refractivity contribution in [2.45, 2.75) is 44.9 Å². The molecular weight excluding hydrogens is 326 g/mol. The molecule has 0 unspecified atom stereocenters. The van der Waals surface area contributed by atoms with E-state index in [-0.39, 0.29) is 18.2 Å². The summed E-state index contributed by atoms with van der Waals surface area (Å²) >= 11 is 0. The molecule has 0 aromatic heterocycles. The first-order valence-corrected chi connectivity index (χ1v) is 8.05. The number of benzene rings is 2. The number of rotatable bonds is 8. The molecule has 0 radical (unpaired) electrons. The highest BCUT2D eigenvalue weighted by atomic mass is 35.5. The van der Waals surface area contributed by atoms with Gasteiger partial charge in [0.15, 0.2) is 0 Å². The SMILES string of the molecule is CCCC[C@H](O)[C@H](N)c1ccc(OCc2ccccc2)cc1O.Cl. The second kappa shape index (κ2) is 10.2. The van der Waals surface area contributed by atoms with Crippen molar-refractivity contribution in [1.29, 1.82) is 0 Å². The van der Waals surface area contributed by atoms with E-state index in [4.69, 9.17) is 10.5 Å². The van der Waals surface area contributed by atoms with Gasteiger partial charge >= 0.3 is 0 Å². The number of ether oxygens (including phenoxy) is 1. The summed E-state index contributed by atoms with van der Waals surface area (Å²) in [5.41, 5.74) is 7.64. The van der Waals surface area contributed by atoms with Gasteiger partial charge in [0.05, 0.1) is 12.1 Å². The zero-order valence-corrected chi connectivity index (χ0v) is 14.7. The number of aromatic hydroxyl groups is 1. The van der Waals surface area contributed by atoms with Crippen molar-refractivity contribution in [3.8, 4) is 11.5 Å². The summed E-state index contributed by atoms with van der Waals surface area (Å²) in [6, 6.07) is 14.3. The Morgan fingerprint density at radius 1 is 1.12 bits per heavy atom. The fraction of sp³-hybridized carbons (Fsp3) is 0.368. The highest BCUT2D eigenvalue weighted by Crippen LogP contribution is 2.30. The van der Waals surface area contributed by atoms with Gasteiger partial charge in [0.25, 0.3) is 0 Å². The molecule has 0 saturated carbocycles. The Balaban J connectivity index is 0.00000288. The lowest BCUT2D eigenvalue weighted by Gasteiger charge is -2.20. The van der Waals surface area contributed by atoms with E-state index < -0.39 is 12.1 Å². The van der Waals surface area contributed by atoms with Crippen LogP contribution in [0, 0.1) is 0 Å². The van der Waals surface area contributed by atoms with Gasteiger partial charge in [-0.2, -0.15) is 0 Å². The lowest BCUT2D eigenvalue weighted by molar-refractivity contribution is 0.131. The third kappa shape index (κ3) is 5.71. The summed E-state index contributed by atoms with van der Waals surface area (Å²) in [4.78, 5) is 0. The van der Waals surface area contributed by atoms with Crippen molar-refractivity contribution in [2.24, 2.45) is 5.73 Å². The van der Waals surface area contributed by atoms with Gasteiger partial charge in [-0.3, -0.25) is 0 Å². The molecule has 4 nitrogen and oxygen atoms in total. The van der Waals surface area contributed by atoms with Crippen LogP contribution in [-0.2, 0) is 6.61 Å². The van der Waals surface area contributed by atoms with Crippen molar-refractivity contribution in [2.75, 3.05) is 0 Å². The predicted molar refractivity (Wildman–Crippen MR) is 98.6 cm³/mol. The number of aliphatic hydroxyl groups excluding tert-OH is 1. The van der Waals surface area contributed by atoms with Crippen molar-refractivity contribution in [3.05, 3.63) is 59.7 Å². The first kappa shape index (κ1) is 20.3. The van der Waals surface area contributed by atoms with Crippen LogP contribution in [0.2, 0.25) is 0 Å². The Hall–Kier alpha value is -1.75. The number of halogens is 1. The molecule has 0 spiro atoms. The molecule has 0 heterocycles. The molecule has 24 heavy (non-hydrogen) atoms. The Bertz CT molecular complexity index is 607. The largest absolute Gasteiger partial charge is 0.507 e. The van der Waals surface area contributed by atoms with Gasteiger partial charge in [0, 0.05) is 11.6 Å². The molecule has 132 valence electrons. The molecule has 2 atom stereocenters. The normalized spacial score (nSPS) is 13.0. The fourth-order valence-corrected chi connectivity index (χ4v) is 2.44. The van der Waals surface area contributed by atoms with Gasteiger partial charge in [0.1, 0.15) is 18.1 Å². The van der Waals surface area contributed by atoms with Crippen LogP contribution in [0.15, 0.2) is 48.5 Å². The van der Waals surface area contributed by atoms with E-state index in [0.717, 1.165) is 18.4 Å². The highest BCUT2D eigenvalue weighted by molar-refractivity contribution is 5.85. The smallest absolute Gasteiger partial charge is 0.124 e. The number of phenolic OH excluding ortho intramolecular Hbond substituents is 1. The average Bonchev–Trinajstić information content (AvgIpc) is 2.58. The molecule has 2 rings (SSSR count). The second-order valence-corrected chi connectivity index (χ2v) is 5.73. The van der Waals surface area contributed by atoms with E-state index in [0.29, 0.717) is 24.3 Å². The van der Waals surface area contributed by atoms with Crippen molar-refractivity contribution >= 4 is 12.4 Å². The molecule has 2 aromatic rings. The molecule has 0 aliphatic carbocycles. The van der Waals surface area contributed by atoms with Gasteiger partial charge in [-0.05, 0) is 24.1 Å². The molecule has 0 saturated heterocycles. The fourth-order valence-electron chi connectivity index (χ4n) is 2.44. The molecule has 0 fully saturated rings. The number of hydrogen-bond acceptors (Lipinski definition) is 4. The first-order valence-electron chi connectivity index (χ1n) is 8.05. The zero-order valence-electron chi connectivity index (χ0n) is 13.9. The summed E-state index contributed by atoms with van der Waals surface area (Å²) in [7, 11) is 0. The monoisotopic (exact) mass is 351 g/mol. The topological polar surface area (TPSA) is 75.7 Å². The van der Waals surface area contributed by atoms with Crippen LogP contribution in [-0.4, -0.2) is 16.3 Å². The van der Waals surface area contributed by atoms with E-state index in [1.54, 1.807) is 18.2 Å². The number of phenols is 1. The van der Waals surface area contributed by atoms with Crippen LogP contribution in [0.1, 0.15) is 43.4 Å². The molecule has 0 aliphatic rings. The quantitative estimate of drug-likeness (QED) is 0.673. The summed E-state index contributed by atoms with van der Waals surface area (Å²) in [6.45, 7) is 2.50. The maximum absolute atomic E-state index is 10.2. The van der Waals surface area contributed by atoms with Crippen LogP contribution >= 0.6 is 12.4 Å². The highest BCUT2D eigenvalue weighted by Gasteiger charge is 2.19. The Labute approximate surface area is 149 Å². The Morgan fingerprint density at radius 3 is 2.46 bits per heavy atom. The Kier molecular flexibility index (Phi) is 8.61. The molecule has 2 aromatic carbocycles. The first-order chi connectivity index (χ1) is 11.1. The summed E-state index contributed by atoms with van der Waals surface area (Å²) in [5, 5.41) is 20.2. The number of hydrogen-bond donors (Lipinski definition) is 3. The van der Waals surface area contributed by atoms with E-state index in [2.05, 4.69) is 6.92 Å². The van der Waals surface area contributed by atoms with Crippen molar-refractivity contribution < 1.29 is 14.9 Å². The predicted octanol–water partition coefficient (Wildman–Crippen LogP) is 3.94. The molecule has 0 amide bonds. The van der Waals surface area contributed by atoms with E-state index in [1.165, 1.54) is 0 Å². The van der Waals surface area contributed by atoms with E-state index >= 15 is 0 Å². The molecule has 5 heteroatoms. The van der Waals surface area contributed by atoms with Gasteiger partial charge in [-0.15, -0.1) is 12.4 Å². The van der Waals surface area contributed by atoms with Crippen LogP contribution in [0.3, 0.4) is 0 Å². The van der Waals surface area contributed by atoms with E-state index in [1.807, 2.05) is 30.3 Å². The molecule has 0 aliphatic heterocycles. The van der Waals surface area contributed by atoms with E-state index in [9.17, 15) is 10.2 Å². The standard InChI is InChI=1S/C19H25NO3.ClH/c1-2-3-9-17(21)19(20)16-11-10-15(12-18(16)22)23-13-14-7-5-4-6-8-14;/h4-8,10-12,17,19,21-22H,2-3,9,13,20H2,1H3;1H/t17-,19+;/m0./s1. The Morgan fingerprint density at radius 2 is 1.83 bits per heavy atom. The number of aliphatic hydroxyl groups is 1. The third-order valence-corrected chi connectivity index (χ3v) is 3.88. The second-order valence-electron chi connectivity index (χ2n) is 5.73. The third-order valence-electron chi connectivity index (χ3n) is 3.88. The van der Waals surface area contributed by atoms with Crippen LogP contribution in [0.25, 0.3) is 0 Å². The lowest BCUT2D eigenvalue weighted by atomic mass is 9.97. The number of nitrogens with two attached hydrogens (primary N) is 1. The van der Waals surface area contributed by atoms with Crippen LogP contribution in [0.5, 0.6) is 11.5 Å². The summed E-state index contributed by atoms with van der Waals surface area (Å²) < 4.78 is 5.67. The van der Waals surface area contributed by atoms with Gasteiger partial charge in [-0.25, -0.2) is 0 Å². The maximum atomic E-state index is 10.2. The minimum Gasteiger partial charge on any atom is -0.507 e. The van der Waals surface area contributed by atoms with Crippen LogP contribution < -0.4 is 10.5 Å². The lowest BCUT2D eigenvalue weighted by Crippen LogP contribution is -2.26. The minimum atomic E-state index is -0.656. The summed E-state index contributed by atoms with van der Waals surface area (Å²) in [5.74, 6) is 0.629. The average molecular weight is 352 g/mol. The minimum absolute atomic E-state index is 0. The molecule has 0 bridgehead atoms. The summed E-state index contributed by atoms with van der Waals surface area (Å²) in [6.07, 6.45) is 1.89. The molecular formula is C19H26ClNO3. The number of unbranched alkanes of at least 4 members (excludes halogenated alkanes) is 1. The zero-order chi connectivity index (χ0) is 16.7. The molecule has 4 N–H and O–H groups in total. The van der Waals surface area contributed by atoms with Crippen molar-refractivity contribution in [1.82, 2.24) is 0 Å². The van der Waals surface area contributed by atoms with Crippen LogP contribution in [0.4, 0.5) is 0 Å².